The number of amides is 1. The molecule has 0 aliphatic carbocycles. The molecule has 0 saturated carbocycles. The van der Waals surface area contributed by atoms with Crippen LogP contribution in [0.1, 0.15) is 110 Å². The fourth-order valence-electron chi connectivity index (χ4n) is 4.50. The molecule has 3 N–H and O–H groups in total. The lowest BCUT2D eigenvalue weighted by atomic mass is 10.1. The highest BCUT2D eigenvalue weighted by Crippen LogP contribution is 2.43. The zero-order valence-corrected chi connectivity index (χ0v) is 33.4. The molecular weight excluding hydrogens is 659 g/mol. The number of nitrogens with one attached hydrogen (secondary N) is 1. The van der Waals surface area contributed by atoms with Crippen molar-refractivity contribution >= 4 is 13.7 Å². The van der Waals surface area contributed by atoms with Gasteiger partial charge in [-0.3, -0.25) is 13.8 Å². The average molecular weight is 732 g/mol. The van der Waals surface area contributed by atoms with E-state index in [1.54, 1.807) is 6.08 Å². The molecule has 0 heterocycles. The van der Waals surface area contributed by atoms with Crippen LogP contribution < -0.4 is 5.32 Å². The molecule has 0 aromatic carbocycles. The van der Waals surface area contributed by atoms with E-state index in [1.807, 2.05) is 27.2 Å². The number of carbonyl (C=O) groups is 1. The summed E-state index contributed by atoms with van der Waals surface area (Å²) in [5, 5.41) is 13.6. The van der Waals surface area contributed by atoms with E-state index in [4.69, 9.17) is 9.05 Å². The van der Waals surface area contributed by atoms with Crippen LogP contribution in [0.25, 0.3) is 0 Å². The molecule has 9 heteroatoms. The Bertz CT molecular complexity index is 1150. The van der Waals surface area contributed by atoms with Gasteiger partial charge in [-0.1, -0.05) is 130 Å². The van der Waals surface area contributed by atoms with Gasteiger partial charge in [-0.05, 0) is 70.6 Å². The summed E-state index contributed by atoms with van der Waals surface area (Å²) in [6.45, 7) is 4.52. The van der Waals surface area contributed by atoms with E-state index >= 15 is 0 Å². The van der Waals surface area contributed by atoms with Crippen LogP contribution in [0.4, 0.5) is 0 Å². The molecule has 0 rings (SSSR count). The van der Waals surface area contributed by atoms with E-state index in [9.17, 15) is 19.4 Å². The van der Waals surface area contributed by atoms with Crippen molar-refractivity contribution in [3.63, 3.8) is 0 Å². The third-order valence-corrected chi connectivity index (χ3v) is 8.54. The number of carbonyl (C=O) groups excluding carboxylic acids is 1. The molecule has 51 heavy (non-hydrogen) atoms. The molecule has 8 nitrogen and oxygen atoms in total. The lowest BCUT2D eigenvalue weighted by Gasteiger charge is -2.25. The third-order valence-electron chi connectivity index (χ3n) is 7.56. The Labute approximate surface area is 311 Å². The van der Waals surface area contributed by atoms with Crippen molar-refractivity contribution in [3.05, 3.63) is 97.2 Å². The molecular formula is C42H72N2O6P+. The summed E-state index contributed by atoms with van der Waals surface area (Å²) in [5.41, 5.74) is 0. The SMILES string of the molecule is CC/C=C\C/C=C\C/C=C\C/C=C\C/C=C\C/C=C\C/C=C\CCCC(=O)NC(COP(=O)(O)OCC[N+](C)(C)C)C(O)/C=C/CCCCCC. The van der Waals surface area contributed by atoms with Gasteiger partial charge in [0.1, 0.15) is 13.2 Å². The molecule has 0 fully saturated rings. The first kappa shape index (κ1) is 48.4. The Morgan fingerprint density at radius 3 is 1.67 bits per heavy atom. The summed E-state index contributed by atoms with van der Waals surface area (Å²) < 4.78 is 23.3. The Kier molecular flexibility index (Phi) is 31.6. The zero-order chi connectivity index (χ0) is 37.9. The van der Waals surface area contributed by atoms with Crippen molar-refractivity contribution in [3.8, 4) is 0 Å². The predicted molar refractivity (Wildman–Crippen MR) is 216 cm³/mol. The maximum atomic E-state index is 12.7. The van der Waals surface area contributed by atoms with Crippen LogP contribution in [-0.4, -0.2) is 73.4 Å². The lowest BCUT2D eigenvalue weighted by molar-refractivity contribution is -0.870. The fraction of sp³-hybridized carbons (Fsp3) is 0.595. The van der Waals surface area contributed by atoms with Crippen molar-refractivity contribution in [1.82, 2.24) is 5.32 Å². The quantitative estimate of drug-likeness (QED) is 0.0275. The van der Waals surface area contributed by atoms with Gasteiger partial charge in [0.05, 0.1) is 39.9 Å². The second kappa shape index (κ2) is 33.3. The van der Waals surface area contributed by atoms with Crippen LogP contribution in [0.2, 0.25) is 0 Å². The first-order valence-corrected chi connectivity index (χ1v) is 20.6. The molecule has 1 amide bonds. The molecule has 0 aromatic heterocycles. The highest BCUT2D eigenvalue weighted by molar-refractivity contribution is 7.47. The standard InChI is InChI=1S/C42H71N2O6P/c1-6-8-10-12-14-15-16-17-18-19-20-21-22-23-24-25-26-27-28-29-30-32-34-36-42(46)43-40(41(45)35-33-31-13-11-9-7-2)39-50-51(47,48)49-38-37-44(3,4)5/h8,10,14-15,17-18,20-21,23-24,26-27,29-30,33,35,40-41,45H,6-7,9,11-13,16,19,22,25,28,31-32,34,36-39H2,1-5H3,(H-,43,46,47,48)/p+1/b10-8-,15-14-,18-17-,21-20-,24-23-,27-26-,30-29-,35-33+. The number of nitrogens with zero attached hydrogens (tertiary/aromatic N) is 1. The largest absolute Gasteiger partial charge is 0.472 e. The van der Waals surface area contributed by atoms with Crippen LogP contribution in [0.3, 0.4) is 0 Å². The number of hydrogen-bond donors (Lipinski definition) is 3. The molecule has 0 aliphatic heterocycles. The van der Waals surface area contributed by atoms with Gasteiger partial charge >= 0.3 is 7.82 Å². The highest BCUT2D eigenvalue weighted by atomic mass is 31.2. The zero-order valence-electron chi connectivity index (χ0n) is 32.5. The number of phosphoric acid groups is 1. The average Bonchev–Trinajstić information content (AvgIpc) is 3.07. The molecule has 0 spiro atoms. The molecule has 290 valence electrons. The van der Waals surface area contributed by atoms with Crippen molar-refractivity contribution in [1.29, 1.82) is 0 Å². The van der Waals surface area contributed by atoms with Crippen LogP contribution in [0.5, 0.6) is 0 Å². The summed E-state index contributed by atoms with van der Waals surface area (Å²) in [6.07, 6.45) is 46.6. The monoisotopic (exact) mass is 732 g/mol. The molecule has 0 aliphatic rings. The normalized spacial score (nSPS) is 15.7. The Morgan fingerprint density at radius 1 is 0.686 bits per heavy atom. The van der Waals surface area contributed by atoms with Crippen LogP contribution in [-0.2, 0) is 18.4 Å². The van der Waals surface area contributed by atoms with Gasteiger partial charge in [0.2, 0.25) is 5.91 Å². The number of aliphatic hydroxyl groups is 1. The van der Waals surface area contributed by atoms with Gasteiger partial charge in [-0.2, -0.15) is 0 Å². The van der Waals surface area contributed by atoms with Gasteiger partial charge in [-0.15, -0.1) is 0 Å². The molecule has 0 radical (unpaired) electrons. The lowest BCUT2D eigenvalue weighted by Crippen LogP contribution is -2.45. The van der Waals surface area contributed by atoms with Gasteiger partial charge in [0, 0.05) is 6.42 Å². The van der Waals surface area contributed by atoms with Gasteiger partial charge in [0.15, 0.2) is 0 Å². The fourth-order valence-corrected chi connectivity index (χ4v) is 5.23. The van der Waals surface area contributed by atoms with E-state index in [-0.39, 0.29) is 25.5 Å². The van der Waals surface area contributed by atoms with Crippen molar-refractivity contribution in [2.24, 2.45) is 0 Å². The minimum atomic E-state index is -4.34. The number of phosphoric ester groups is 1. The van der Waals surface area contributed by atoms with Gasteiger partial charge in [0.25, 0.3) is 0 Å². The first-order chi connectivity index (χ1) is 24.5. The number of hydrogen-bond acceptors (Lipinski definition) is 5. The molecule has 3 unspecified atom stereocenters. The Balaban J connectivity index is 4.43. The first-order valence-electron chi connectivity index (χ1n) is 19.1. The second-order valence-electron chi connectivity index (χ2n) is 13.6. The van der Waals surface area contributed by atoms with E-state index < -0.39 is 20.0 Å². The second-order valence-corrected chi connectivity index (χ2v) is 15.0. The van der Waals surface area contributed by atoms with Crippen molar-refractivity contribution in [2.45, 2.75) is 122 Å². The third kappa shape index (κ3) is 35.6. The maximum absolute atomic E-state index is 12.7. The molecule has 0 saturated heterocycles. The molecule has 0 bridgehead atoms. The van der Waals surface area contributed by atoms with Crippen molar-refractivity contribution in [2.75, 3.05) is 40.9 Å². The summed E-state index contributed by atoms with van der Waals surface area (Å²) >= 11 is 0. The number of quaternary nitrogens is 1. The topological polar surface area (TPSA) is 105 Å². The van der Waals surface area contributed by atoms with E-state index in [2.05, 4.69) is 104 Å². The Morgan fingerprint density at radius 2 is 1.18 bits per heavy atom. The summed E-state index contributed by atoms with van der Waals surface area (Å²) in [6, 6.07) is -0.879. The maximum Gasteiger partial charge on any atom is 0.472 e. The van der Waals surface area contributed by atoms with Crippen LogP contribution in [0, 0.1) is 0 Å². The number of allylic oxidation sites excluding steroid dienone is 15. The summed E-state index contributed by atoms with van der Waals surface area (Å²) in [5.74, 6) is -0.247. The summed E-state index contributed by atoms with van der Waals surface area (Å²) in [4.78, 5) is 22.8. The Hall–Kier alpha value is -2.58. The van der Waals surface area contributed by atoms with Crippen molar-refractivity contribution < 1.29 is 32.9 Å². The predicted octanol–water partition coefficient (Wildman–Crippen LogP) is 10.0. The number of unbranched alkanes of at least 4 members (excludes halogenated alkanes) is 5. The number of rotatable bonds is 32. The number of aliphatic hydroxyl groups excluding tert-OH is 1. The van der Waals surface area contributed by atoms with E-state index in [0.29, 0.717) is 17.4 Å². The number of likely N-dealkylation sites (N-methyl/N-ethyl adjacent to an activating group) is 1. The smallest absolute Gasteiger partial charge is 0.387 e. The van der Waals surface area contributed by atoms with Crippen LogP contribution >= 0.6 is 7.82 Å². The van der Waals surface area contributed by atoms with Gasteiger partial charge < -0.3 is 19.8 Å². The van der Waals surface area contributed by atoms with Crippen LogP contribution in [0.15, 0.2) is 97.2 Å². The highest BCUT2D eigenvalue weighted by Gasteiger charge is 2.27. The van der Waals surface area contributed by atoms with E-state index in [1.165, 1.54) is 6.42 Å². The van der Waals surface area contributed by atoms with E-state index in [0.717, 1.165) is 77.0 Å². The molecule has 3 atom stereocenters. The molecule has 0 aromatic rings. The summed E-state index contributed by atoms with van der Waals surface area (Å²) in [7, 11) is 1.51. The minimum Gasteiger partial charge on any atom is -0.387 e. The van der Waals surface area contributed by atoms with Gasteiger partial charge in [-0.25, -0.2) is 4.57 Å². The minimum absolute atomic E-state index is 0.0438.